The van der Waals surface area contributed by atoms with E-state index in [9.17, 15) is 17.4 Å². The number of methoxy groups -OCH3 is 1. The molecule has 0 radical (unpaired) electrons. The number of aromatic nitrogens is 3. The largest absolute Gasteiger partial charge is 0.496 e. The van der Waals surface area contributed by atoms with E-state index in [1.54, 1.807) is 13.1 Å². The molecular weight excluding hydrogens is 395 g/mol. The van der Waals surface area contributed by atoms with Crippen molar-refractivity contribution < 1.29 is 26.5 Å². The molecule has 3 aromatic rings. The second-order valence-electron chi connectivity index (χ2n) is 5.99. The molecule has 28 heavy (non-hydrogen) atoms. The number of benzene rings is 1. The smallest absolute Gasteiger partial charge is 0.416 e. The minimum absolute atomic E-state index is 0.00664. The summed E-state index contributed by atoms with van der Waals surface area (Å²) in [7, 11) is -0.180. The fourth-order valence-corrected chi connectivity index (χ4v) is 3.62. The highest BCUT2D eigenvalue weighted by atomic mass is 32.2. The Balaban J connectivity index is 1.84. The van der Waals surface area contributed by atoms with Gasteiger partial charge in [0.2, 0.25) is 5.89 Å². The topological polar surface area (TPSA) is 78.1 Å². The van der Waals surface area contributed by atoms with E-state index in [0.29, 0.717) is 11.4 Å². The molecule has 6 nitrogen and oxygen atoms in total. The molecule has 148 valence electrons. The van der Waals surface area contributed by atoms with E-state index in [2.05, 4.69) is 15.2 Å². The number of hydrogen-bond acceptors (Lipinski definition) is 6. The number of nitrogens with zero attached hydrogens (tertiary/aromatic N) is 3. The highest BCUT2D eigenvalue weighted by Gasteiger charge is 2.31. The lowest BCUT2D eigenvalue weighted by Gasteiger charge is -2.11. The predicted molar refractivity (Wildman–Crippen MR) is 95.1 cm³/mol. The lowest BCUT2D eigenvalue weighted by molar-refractivity contribution is -0.137. The average Bonchev–Trinajstić information content (AvgIpc) is 3.14. The highest BCUT2D eigenvalue weighted by Crippen LogP contribution is 2.32. The van der Waals surface area contributed by atoms with Gasteiger partial charge in [0.15, 0.2) is 0 Å². The quantitative estimate of drug-likeness (QED) is 0.630. The maximum Gasteiger partial charge on any atom is 0.416 e. The Kier molecular flexibility index (Phi) is 5.50. The number of ether oxygens (including phenoxy) is 1. The maximum absolute atomic E-state index is 12.9. The van der Waals surface area contributed by atoms with E-state index in [1.165, 1.54) is 19.2 Å². The molecule has 1 unspecified atom stereocenters. The van der Waals surface area contributed by atoms with Crippen molar-refractivity contribution in [1.29, 1.82) is 0 Å². The number of halogens is 3. The van der Waals surface area contributed by atoms with E-state index in [-0.39, 0.29) is 22.4 Å². The van der Waals surface area contributed by atoms with Crippen molar-refractivity contribution in [1.82, 2.24) is 15.2 Å². The molecule has 3 rings (SSSR count). The molecule has 1 atom stereocenters. The van der Waals surface area contributed by atoms with Gasteiger partial charge in [-0.05, 0) is 32.0 Å². The van der Waals surface area contributed by atoms with Crippen LogP contribution in [-0.4, -0.2) is 26.5 Å². The first-order chi connectivity index (χ1) is 13.2. The SMILES string of the molecule is COc1c(C)cnc(CS(=O)c2nnc(-c3cccc(C(F)(F)F)c3)o2)c1C. The molecule has 0 N–H and O–H groups in total. The van der Waals surface area contributed by atoms with E-state index < -0.39 is 22.5 Å². The molecule has 10 heteroatoms. The van der Waals surface area contributed by atoms with Crippen molar-refractivity contribution in [3.63, 3.8) is 0 Å². The molecule has 0 amide bonds. The number of alkyl halides is 3. The zero-order valence-electron chi connectivity index (χ0n) is 15.2. The molecule has 0 bridgehead atoms. The van der Waals surface area contributed by atoms with Gasteiger partial charge in [-0.2, -0.15) is 13.2 Å². The summed E-state index contributed by atoms with van der Waals surface area (Å²) in [5.74, 6) is 0.518. The lowest BCUT2D eigenvalue weighted by Crippen LogP contribution is -2.04. The summed E-state index contributed by atoms with van der Waals surface area (Å²) in [6.45, 7) is 3.65. The lowest BCUT2D eigenvalue weighted by atomic mass is 10.1. The van der Waals surface area contributed by atoms with Gasteiger partial charge in [0.05, 0.1) is 24.1 Å². The van der Waals surface area contributed by atoms with Gasteiger partial charge in [0, 0.05) is 22.9 Å². The van der Waals surface area contributed by atoms with Crippen molar-refractivity contribution >= 4 is 10.8 Å². The van der Waals surface area contributed by atoms with Gasteiger partial charge >= 0.3 is 11.4 Å². The average molecular weight is 411 g/mol. The van der Waals surface area contributed by atoms with Crippen LogP contribution >= 0.6 is 0 Å². The van der Waals surface area contributed by atoms with Crippen LogP contribution in [0, 0.1) is 13.8 Å². The van der Waals surface area contributed by atoms with Gasteiger partial charge in [-0.1, -0.05) is 11.2 Å². The molecule has 0 saturated carbocycles. The zero-order chi connectivity index (χ0) is 20.5. The van der Waals surface area contributed by atoms with Crippen LogP contribution < -0.4 is 4.74 Å². The van der Waals surface area contributed by atoms with Gasteiger partial charge in [-0.25, -0.2) is 4.21 Å². The third-order valence-electron chi connectivity index (χ3n) is 4.06. The second-order valence-corrected chi connectivity index (χ2v) is 7.32. The van der Waals surface area contributed by atoms with Crippen LogP contribution in [0.3, 0.4) is 0 Å². The van der Waals surface area contributed by atoms with Gasteiger partial charge < -0.3 is 9.15 Å². The third-order valence-corrected chi connectivity index (χ3v) is 5.15. The molecular formula is C18H16F3N3O3S. The summed E-state index contributed by atoms with van der Waals surface area (Å²) in [6.07, 6.45) is -2.88. The summed E-state index contributed by atoms with van der Waals surface area (Å²) in [5.41, 5.74) is 1.39. The predicted octanol–water partition coefficient (Wildman–Crippen LogP) is 4.08. The van der Waals surface area contributed by atoms with Crippen LogP contribution in [0.15, 0.2) is 40.1 Å². The molecule has 2 heterocycles. The van der Waals surface area contributed by atoms with E-state index in [1.807, 2.05) is 6.92 Å². The first-order valence-electron chi connectivity index (χ1n) is 8.09. The molecule has 0 aliphatic rings. The van der Waals surface area contributed by atoms with Crippen molar-refractivity contribution in [2.45, 2.75) is 31.0 Å². The fraction of sp³-hybridized carbons (Fsp3) is 0.278. The van der Waals surface area contributed by atoms with Crippen LogP contribution in [-0.2, 0) is 22.7 Å². The molecule has 0 fully saturated rings. The Bertz CT molecular complexity index is 1030. The minimum Gasteiger partial charge on any atom is -0.496 e. The number of hydrogen-bond donors (Lipinski definition) is 0. The maximum atomic E-state index is 12.9. The van der Waals surface area contributed by atoms with Crippen molar-refractivity contribution in [3.05, 3.63) is 52.8 Å². The van der Waals surface area contributed by atoms with Gasteiger partial charge in [0.25, 0.3) is 0 Å². The highest BCUT2D eigenvalue weighted by molar-refractivity contribution is 7.84. The molecule has 0 spiro atoms. The Morgan fingerprint density at radius 3 is 2.64 bits per heavy atom. The van der Waals surface area contributed by atoms with Crippen molar-refractivity contribution in [3.8, 4) is 17.2 Å². The molecule has 2 aromatic heterocycles. The Hall–Kier alpha value is -2.75. The zero-order valence-corrected chi connectivity index (χ0v) is 16.0. The summed E-state index contributed by atoms with van der Waals surface area (Å²) in [6, 6.07) is 4.49. The molecule has 0 saturated heterocycles. The Morgan fingerprint density at radius 1 is 1.21 bits per heavy atom. The molecule has 1 aromatic carbocycles. The van der Waals surface area contributed by atoms with E-state index in [0.717, 1.165) is 23.3 Å². The normalized spacial score (nSPS) is 12.8. The molecule has 0 aliphatic carbocycles. The van der Waals surface area contributed by atoms with Crippen LogP contribution in [0.1, 0.15) is 22.4 Å². The third kappa shape index (κ3) is 4.06. The van der Waals surface area contributed by atoms with E-state index >= 15 is 0 Å². The number of aryl methyl sites for hydroxylation is 1. The molecule has 0 aliphatic heterocycles. The van der Waals surface area contributed by atoms with Crippen molar-refractivity contribution in [2.24, 2.45) is 0 Å². The second kappa shape index (κ2) is 7.70. The Morgan fingerprint density at radius 2 is 1.96 bits per heavy atom. The van der Waals surface area contributed by atoms with Crippen LogP contribution in [0.25, 0.3) is 11.5 Å². The van der Waals surface area contributed by atoms with Crippen molar-refractivity contribution in [2.75, 3.05) is 7.11 Å². The fourth-order valence-electron chi connectivity index (χ4n) is 2.65. The van der Waals surface area contributed by atoms with Gasteiger partial charge in [-0.15, -0.1) is 5.10 Å². The summed E-state index contributed by atoms with van der Waals surface area (Å²) >= 11 is 0. The Labute approximate surface area is 161 Å². The number of pyridine rings is 1. The summed E-state index contributed by atoms with van der Waals surface area (Å²) in [4.78, 5) is 4.27. The number of rotatable bonds is 5. The van der Waals surface area contributed by atoms with E-state index in [4.69, 9.17) is 9.15 Å². The summed E-state index contributed by atoms with van der Waals surface area (Å²) in [5, 5.41) is 7.25. The van der Waals surface area contributed by atoms with Crippen LogP contribution in [0.4, 0.5) is 13.2 Å². The first kappa shape index (κ1) is 20.0. The van der Waals surface area contributed by atoms with Gasteiger partial charge in [-0.3, -0.25) is 4.98 Å². The van der Waals surface area contributed by atoms with Crippen LogP contribution in [0.5, 0.6) is 5.75 Å². The first-order valence-corrected chi connectivity index (χ1v) is 9.41. The monoisotopic (exact) mass is 411 g/mol. The van der Waals surface area contributed by atoms with Gasteiger partial charge in [0.1, 0.15) is 16.5 Å². The summed E-state index contributed by atoms with van der Waals surface area (Å²) < 4.78 is 61.8. The minimum atomic E-state index is -4.49. The standard InChI is InChI=1S/C18H16F3N3O3S/c1-10-8-22-14(11(2)15(10)26-3)9-28(25)17-24-23-16(27-17)12-5-4-6-13(7-12)18(19,20)21/h4-8H,9H2,1-3H3. The van der Waals surface area contributed by atoms with Crippen LogP contribution in [0.2, 0.25) is 0 Å².